The predicted octanol–water partition coefficient (Wildman–Crippen LogP) is 2.83. The molecular formula is C18H24N6OS. The van der Waals surface area contributed by atoms with E-state index in [-0.39, 0.29) is 11.7 Å². The predicted molar refractivity (Wildman–Crippen MR) is 99.9 cm³/mol. The van der Waals surface area contributed by atoms with E-state index in [9.17, 15) is 10.1 Å². The minimum absolute atomic E-state index is 0.0608. The van der Waals surface area contributed by atoms with Crippen molar-refractivity contribution in [1.29, 1.82) is 5.26 Å². The summed E-state index contributed by atoms with van der Waals surface area (Å²) in [6, 6.07) is 2.39. The summed E-state index contributed by atoms with van der Waals surface area (Å²) in [4.78, 5) is 23.2. The Labute approximate surface area is 157 Å². The Bertz CT molecular complexity index is 878. The smallest absolute Gasteiger partial charge is 0.253 e. The largest absolute Gasteiger partial charge is 0.326 e. The van der Waals surface area contributed by atoms with Gasteiger partial charge in [-0.05, 0) is 39.2 Å². The standard InChI is InChI=1S/C18H24N6OS/c1-12-13(2)20-16-21-17(22-24(16)14(12)3)26-10-15(25)23(4)18(11-19)8-6-5-7-9-18/h5-10H2,1-4H3. The number of amides is 1. The van der Waals surface area contributed by atoms with Crippen LogP contribution >= 0.6 is 11.8 Å². The maximum absolute atomic E-state index is 12.6. The molecule has 0 radical (unpaired) electrons. The van der Waals surface area contributed by atoms with Crippen LogP contribution in [-0.2, 0) is 4.79 Å². The fourth-order valence-corrected chi connectivity index (χ4v) is 4.15. The molecule has 2 heterocycles. The molecule has 0 N–H and O–H groups in total. The van der Waals surface area contributed by atoms with Crippen LogP contribution in [0.2, 0.25) is 0 Å². The molecule has 2 aromatic rings. The average molecular weight is 372 g/mol. The zero-order valence-electron chi connectivity index (χ0n) is 15.7. The topological polar surface area (TPSA) is 87.2 Å². The molecule has 0 aliphatic heterocycles. The van der Waals surface area contributed by atoms with Gasteiger partial charge in [0.25, 0.3) is 5.78 Å². The van der Waals surface area contributed by atoms with E-state index in [1.54, 1.807) is 16.5 Å². The molecule has 0 unspecified atom stereocenters. The Hall–Kier alpha value is -2.14. The Kier molecular flexibility index (Phi) is 5.19. The van der Waals surface area contributed by atoms with Crippen molar-refractivity contribution in [2.45, 2.75) is 63.6 Å². The van der Waals surface area contributed by atoms with Crippen molar-refractivity contribution in [2.75, 3.05) is 12.8 Å². The molecule has 1 fully saturated rings. The molecular weight excluding hydrogens is 348 g/mol. The van der Waals surface area contributed by atoms with Gasteiger partial charge in [-0.15, -0.1) is 5.10 Å². The fourth-order valence-electron chi connectivity index (χ4n) is 3.42. The van der Waals surface area contributed by atoms with Crippen molar-refractivity contribution in [2.24, 2.45) is 0 Å². The highest BCUT2D eigenvalue weighted by atomic mass is 32.2. The Balaban J connectivity index is 1.72. The van der Waals surface area contributed by atoms with Crippen molar-refractivity contribution in [1.82, 2.24) is 24.5 Å². The van der Waals surface area contributed by atoms with Crippen molar-refractivity contribution in [3.05, 3.63) is 17.0 Å². The van der Waals surface area contributed by atoms with Crippen molar-refractivity contribution >= 4 is 23.4 Å². The molecule has 8 heteroatoms. The molecule has 26 heavy (non-hydrogen) atoms. The second-order valence-electron chi connectivity index (χ2n) is 6.96. The third-order valence-electron chi connectivity index (χ3n) is 5.47. The SMILES string of the molecule is Cc1nc2nc(SCC(=O)N(C)C3(C#N)CCCCC3)nn2c(C)c1C. The van der Waals surface area contributed by atoms with E-state index in [2.05, 4.69) is 21.1 Å². The summed E-state index contributed by atoms with van der Waals surface area (Å²) in [7, 11) is 1.74. The van der Waals surface area contributed by atoms with Crippen LogP contribution in [0.5, 0.6) is 0 Å². The minimum Gasteiger partial charge on any atom is -0.326 e. The van der Waals surface area contributed by atoms with Gasteiger partial charge in [0.15, 0.2) is 0 Å². The van der Waals surface area contributed by atoms with Gasteiger partial charge in [0.2, 0.25) is 11.1 Å². The summed E-state index contributed by atoms with van der Waals surface area (Å²) in [5, 5.41) is 14.6. The maximum Gasteiger partial charge on any atom is 0.253 e. The first-order valence-corrected chi connectivity index (χ1v) is 9.88. The zero-order chi connectivity index (χ0) is 18.9. The van der Waals surface area contributed by atoms with Crippen LogP contribution in [-0.4, -0.2) is 48.7 Å². The van der Waals surface area contributed by atoms with E-state index in [0.29, 0.717) is 10.9 Å². The van der Waals surface area contributed by atoms with Crippen molar-refractivity contribution in [3.8, 4) is 6.07 Å². The van der Waals surface area contributed by atoms with Crippen LogP contribution in [0.4, 0.5) is 0 Å². The van der Waals surface area contributed by atoms with Crippen LogP contribution in [0, 0.1) is 32.1 Å². The highest BCUT2D eigenvalue weighted by molar-refractivity contribution is 7.99. The van der Waals surface area contributed by atoms with E-state index >= 15 is 0 Å². The van der Waals surface area contributed by atoms with E-state index in [0.717, 1.165) is 49.1 Å². The summed E-state index contributed by atoms with van der Waals surface area (Å²) >= 11 is 1.29. The van der Waals surface area contributed by atoms with E-state index in [4.69, 9.17) is 0 Å². The molecule has 7 nitrogen and oxygen atoms in total. The van der Waals surface area contributed by atoms with Crippen LogP contribution < -0.4 is 0 Å². The highest BCUT2D eigenvalue weighted by Gasteiger charge is 2.38. The van der Waals surface area contributed by atoms with Gasteiger partial charge in [-0.1, -0.05) is 31.0 Å². The lowest BCUT2D eigenvalue weighted by atomic mass is 9.81. The molecule has 0 saturated heterocycles. The molecule has 2 aromatic heterocycles. The first kappa shape index (κ1) is 18.6. The molecule has 138 valence electrons. The molecule has 1 aliphatic rings. The van der Waals surface area contributed by atoms with Crippen LogP contribution in [0.25, 0.3) is 5.78 Å². The minimum atomic E-state index is -0.658. The van der Waals surface area contributed by atoms with Gasteiger partial charge in [-0.3, -0.25) is 4.79 Å². The van der Waals surface area contributed by atoms with Gasteiger partial charge >= 0.3 is 0 Å². The summed E-state index contributed by atoms with van der Waals surface area (Å²) in [6.45, 7) is 5.95. The van der Waals surface area contributed by atoms with Gasteiger partial charge in [-0.2, -0.15) is 10.2 Å². The lowest BCUT2D eigenvalue weighted by Crippen LogP contribution is -2.50. The quantitative estimate of drug-likeness (QED) is 0.767. The number of aromatic nitrogens is 4. The van der Waals surface area contributed by atoms with E-state index < -0.39 is 5.54 Å². The first-order chi connectivity index (χ1) is 12.4. The Morgan fingerprint density at radius 1 is 1.27 bits per heavy atom. The van der Waals surface area contributed by atoms with Crippen molar-refractivity contribution in [3.63, 3.8) is 0 Å². The summed E-state index contributed by atoms with van der Waals surface area (Å²) in [6.07, 6.45) is 4.64. The van der Waals surface area contributed by atoms with E-state index in [1.807, 2.05) is 20.8 Å². The summed E-state index contributed by atoms with van der Waals surface area (Å²) in [5.41, 5.74) is 2.36. The summed E-state index contributed by atoms with van der Waals surface area (Å²) in [5.74, 6) is 0.706. The number of carbonyl (C=O) groups is 1. The molecule has 0 aromatic carbocycles. The molecule has 0 bridgehead atoms. The number of carbonyl (C=O) groups excluding carboxylic acids is 1. The lowest BCUT2D eigenvalue weighted by molar-refractivity contribution is -0.131. The van der Waals surface area contributed by atoms with Gasteiger partial charge in [0, 0.05) is 18.4 Å². The van der Waals surface area contributed by atoms with Gasteiger partial charge in [-0.25, -0.2) is 9.50 Å². The van der Waals surface area contributed by atoms with Crippen LogP contribution in [0.3, 0.4) is 0 Å². The number of aryl methyl sites for hydroxylation is 2. The highest BCUT2D eigenvalue weighted by Crippen LogP contribution is 2.33. The molecule has 1 aliphatic carbocycles. The number of hydrogen-bond donors (Lipinski definition) is 0. The zero-order valence-corrected chi connectivity index (χ0v) is 16.6. The maximum atomic E-state index is 12.6. The summed E-state index contributed by atoms with van der Waals surface area (Å²) < 4.78 is 1.72. The Morgan fingerprint density at radius 2 is 1.96 bits per heavy atom. The average Bonchev–Trinajstić information content (AvgIpc) is 3.07. The second kappa shape index (κ2) is 7.23. The number of fused-ring (bicyclic) bond motifs is 1. The lowest BCUT2D eigenvalue weighted by Gasteiger charge is -2.38. The van der Waals surface area contributed by atoms with Crippen molar-refractivity contribution < 1.29 is 4.79 Å². The number of nitriles is 1. The third kappa shape index (κ3) is 3.28. The number of hydrogen-bond acceptors (Lipinski definition) is 6. The molecule has 1 saturated carbocycles. The monoisotopic (exact) mass is 372 g/mol. The number of nitrogens with zero attached hydrogens (tertiary/aromatic N) is 6. The number of thioether (sulfide) groups is 1. The van der Waals surface area contributed by atoms with Gasteiger partial charge < -0.3 is 4.90 Å². The fraction of sp³-hybridized carbons (Fsp3) is 0.611. The van der Waals surface area contributed by atoms with Crippen LogP contribution in [0.1, 0.15) is 49.1 Å². The normalized spacial score (nSPS) is 16.4. The molecule has 0 spiro atoms. The van der Waals surface area contributed by atoms with Gasteiger partial charge in [0.05, 0.1) is 11.8 Å². The van der Waals surface area contributed by atoms with Gasteiger partial charge in [0.1, 0.15) is 5.54 Å². The van der Waals surface area contributed by atoms with Crippen LogP contribution in [0.15, 0.2) is 5.16 Å². The van der Waals surface area contributed by atoms with E-state index in [1.165, 1.54) is 11.8 Å². The first-order valence-electron chi connectivity index (χ1n) is 8.89. The Morgan fingerprint density at radius 3 is 2.62 bits per heavy atom. The number of rotatable bonds is 4. The molecule has 3 rings (SSSR count). The molecule has 0 atom stereocenters. The third-order valence-corrected chi connectivity index (χ3v) is 6.29. The second-order valence-corrected chi connectivity index (χ2v) is 7.90. The molecule has 1 amide bonds.